The van der Waals surface area contributed by atoms with Gasteiger partial charge in [0.2, 0.25) is 0 Å². The van der Waals surface area contributed by atoms with Crippen molar-refractivity contribution in [1.82, 2.24) is 0 Å². The largest absolute Gasteiger partial charge is 0.388 e. The van der Waals surface area contributed by atoms with Crippen molar-refractivity contribution in [1.29, 1.82) is 0 Å². The van der Waals surface area contributed by atoms with Crippen LogP contribution in [0.3, 0.4) is 0 Å². The second kappa shape index (κ2) is 3.22. The molecule has 2 unspecified atom stereocenters. The maximum atomic E-state index is 9.68. The SMILES string of the molecule is C=C(C)C1CCC=C(C)C1O. The van der Waals surface area contributed by atoms with Gasteiger partial charge >= 0.3 is 0 Å². The molecule has 1 aliphatic carbocycles. The third-order valence-electron chi connectivity index (χ3n) is 2.42. The van der Waals surface area contributed by atoms with E-state index >= 15 is 0 Å². The van der Waals surface area contributed by atoms with E-state index in [1.165, 1.54) is 0 Å². The van der Waals surface area contributed by atoms with E-state index in [1.807, 2.05) is 13.8 Å². The van der Waals surface area contributed by atoms with E-state index in [-0.39, 0.29) is 6.10 Å². The minimum Gasteiger partial charge on any atom is -0.388 e. The number of allylic oxidation sites excluding steroid dienone is 1. The van der Waals surface area contributed by atoms with Gasteiger partial charge in [-0.3, -0.25) is 0 Å². The lowest BCUT2D eigenvalue weighted by atomic mass is 9.83. The van der Waals surface area contributed by atoms with Crippen molar-refractivity contribution in [2.75, 3.05) is 0 Å². The molecule has 1 aliphatic rings. The van der Waals surface area contributed by atoms with Crippen molar-refractivity contribution in [2.24, 2.45) is 5.92 Å². The first-order chi connectivity index (χ1) is 5.13. The topological polar surface area (TPSA) is 20.2 Å². The van der Waals surface area contributed by atoms with Crippen LogP contribution < -0.4 is 0 Å². The summed E-state index contributed by atoms with van der Waals surface area (Å²) in [6, 6.07) is 0. The highest BCUT2D eigenvalue weighted by Gasteiger charge is 2.23. The van der Waals surface area contributed by atoms with Gasteiger partial charge < -0.3 is 5.11 Å². The molecule has 2 atom stereocenters. The Labute approximate surface area is 68.4 Å². The van der Waals surface area contributed by atoms with Gasteiger partial charge in [0.25, 0.3) is 0 Å². The zero-order valence-corrected chi connectivity index (χ0v) is 7.30. The molecule has 0 amide bonds. The molecule has 62 valence electrons. The van der Waals surface area contributed by atoms with Crippen LogP contribution in [0.2, 0.25) is 0 Å². The zero-order valence-electron chi connectivity index (χ0n) is 7.30. The molecule has 1 N–H and O–H groups in total. The van der Waals surface area contributed by atoms with Crippen LogP contribution >= 0.6 is 0 Å². The van der Waals surface area contributed by atoms with Crippen LogP contribution in [0, 0.1) is 5.92 Å². The summed E-state index contributed by atoms with van der Waals surface area (Å²) in [6.07, 6.45) is 3.97. The Morgan fingerprint density at radius 2 is 2.36 bits per heavy atom. The van der Waals surface area contributed by atoms with Crippen LogP contribution in [0.25, 0.3) is 0 Å². The predicted molar refractivity (Wildman–Crippen MR) is 47.3 cm³/mol. The predicted octanol–water partition coefficient (Wildman–Crippen LogP) is 2.28. The summed E-state index contributed by atoms with van der Waals surface area (Å²) in [5, 5.41) is 9.68. The molecular formula is C10H16O. The first kappa shape index (κ1) is 8.54. The van der Waals surface area contributed by atoms with Crippen LogP contribution in [0.4, 0.5) is 0 Å². The Morgan fingerprint density at radius 1 is 1.73 bits per heavy atom. The van der Waals surface area contributed by atoms with Gasteiger partial charge in [0.05, 0.1) is 6.10 Å². The molecule has 0 saturated heterocycles. The lowest BCUT2D eigenvalue weighted by Crippen LogP contribution is -2.25. The van der Waals surface area contributed by atoms with Gasteiger partial charge in [0, 0.05) is 5.92 Å². The highest BCUT2D eigenvalue weighted by molar-refractivity contribution is 5.16. The van der Waals surface area contributed by atoms with Gasteiger partial charge in [-0.15, -0.1) is 0 Å². The summed E-state index contributed by atoms with van der Waals surface area (Å²) in [4.78, 5) is 0. The number of aliphatic hydroxyl groups excluding tert-OH is 1. The molecule has 0 spiro atoms. The highest BCUT2D eigenvalue weighted by atomic mass is 16.3. The number of hydrogen-bond donors (Lipinski definition) is 1. The molecule has 0 heterocycles. The van der Waals surface area contributed by atoms with Crippen molar-refractivity contribution in [3.8, 4) is 0 Å². The fraction of sp³-hybridized carbons (Fsp3) is 0.600. The van der Waals surface area contributed by atoms with E-state index in [0.29, 0.717) is 5.92 Å². The Hall–Kier alpha value is -0.560. The van der Waals surface area contributed by atoms with Crippen molar-refractivity contribution < 1.29 is 5.11 Å². The Bertz CT molecular complexity index is 191. The van der Waals surface area contributed by atoms with E-state index in [4.69, 9.17) is 0 Å². The molecule has 0 aliphatic heterocycles. The minimum atomic E-state index is -0.277. The van der Waals surface area contributed by atoms with Crippen molar-refractivity contribution in [2.45, 2.75) is 32.8 Å². The van der Waals surface area contributed by atoms with Crippen LogP contribution in [0.5, 0.6) is 0 Å². The van der Waals surface area contributed by atoms with Crippen LogP contribution in [-0.4, -0.2) is 11.2 Å². The molecule has 0 bridgehead atoms. The number of rotatable bonds is 1. The highest BCUT2D eigenvalue weighted by Crippen LogP contribution is 2.28. The van der Waals surface area contributed by atoms with Crippen molar-refractivity contribution in [3.05, 3.63) is 23.8 Å². The molecule has 1 rings (SSSR count). The summed E-state index contributed by atoms with van der Waals surface area (Å²) < 4.78 is 0. The molecule has 0 radical (unpaired) electrons. The van der Waals surface area contributed by atoms with E-state index in [1.54, 1.807) is 0 Å². The van der Waals surface area contributed by atoms with Crippen LogP contribution in [-0.2, 0) is 0 Å². The fourth-order valence-corrected chi connectivity index (χ4v) is 1.60. The number of hydrogen-bond acceptors (Lipinski definition) is 1. The summed E-state index contributed by atoms with van der Waals surface area (Å²) in [5.41, 5.74) is 2.20. The van der Waals surface area contributed by atoms with E-state index in [0.717, 1.165) is 24.0 Å². The first-order valence-electron chi connectivity index (χ1n) is 4.13. The molecule has 0 aromatic heterocycles. The van der Waals surface area contributed by atoms with E-state index < -0.39 is 0 Å². The molecule has 0 aromatic rings. The molecule has 11 heavy (non-hydrogen) atoms. The summed E-state index contributed by atoms with van der Waals surface area (Å²) in [6.45, 7) is 7.85. The van der Waals surface area contributed by atoms with Crippen molar-refractivity contribution >= 4 is 0 Å². The second-order valence-corrected chi connectivity index (χ2v) is 3.42. The van der Waals surface area contributed by atoms with Gasteiger partial charge in [-0.25, -0.2) is 0 Å². The summed E-state index contributed by atoms with van der Waals surface area (Å²) in [5.74, 6) is 0.292. The normalized spacial score (nSPS) is 31.4. The third-order valence-corrected chi connectivity index (χ3v) is 2.42. The quantitative estimate of drug-likeness (QED) is 0.571. The van der Waals surface area contributed by atoms with Gasteiger partial charge in [0.1, 0.15) is 0 Å². The molecular weight excluding hydrogens is 136 g/mol. The standard InChI is InChI=1S/C10H16O/c1-7(2)9-6-4-5-8(3)10(9)11/h5,9-11H,1,4,6H2,2-3H3. The Morgan fingerprint density at radius 3 is 2.82 bits per heavy atom. The lowest BCUT2D eigenvalue weighted by molar-refractivity contribution is 0.147. The molecule has 0 aromatic carbocycles. The Balaban J connectivity index is 2.72. The minimum absolute atomic E-state index is 0.277. The van der Waals surface area contributed by atoms with Gasteiger partial charge in [-0.05, 0) is 32.3 Å². The number of aliphatic hydroxyl groups is 1. The molecule has 1 nitrogen and oxygen atoms in total. The summed E-state index contributed by atoms with van der Waals surface area (Å²) >= 11 is 0. The van der Waals surface area contributed by atoms with Gasteiger partial charge in [-0.2, -0.15) is 0 Å². The lowest BCUT2D eigenvalue weighted by Gasteiger charge is -2.27. The first-order valence-corrected chi connectivity index (χ1v) is 4.13. The van der Waals surface area contributed by atoms with E-state index in [9.17, 15) is 5.11 Å². The molecule has 0 saturated carbocycles. The third kappa shape index (κ3) is 1.72. The average Bonchev–Trinajstić information content (AvgIpc) is 1.94. The molecule has 1 heteroatoms. The zero-order chi connectivity index (χ0) is 8.43. The Kier molecular flexibility index (Phi) is 2.50. The van der Waals surface area contributed by atoms with E-state index in [2.05, 4.69) is 12.7 Å². The van der Waals surface area contributed by atoms with Crippen LogP contribution in [0.15, 0.2) is 23.8 Å². The van der Waals surface area contributed by atoms with Crippen molar-refractivity contribution in [3.63, 3.8) is 0 Å². The van der Waals surface area contributed by atoms with Gasteiger partial charge in [0.15, 0.2) is 0 Å². The maximum Gasteiger partial charge on any atom is 0.0812 e. The maximum absolute atomic E-state index is 9.68. The smallest absolute Gasteiger partial charge is 0.0812 e. The van der Waals surface area contributed by atoms with Gasteiger partial charge in [-0.1, -0.05) is 18.2 Å². The second-order valence-electron chi connectivity index (χ2n) is 3.42. The summed E-state index contributed by atoms with van der Waals surface area (Å²) in [7, 11) is 0. The average molecular weight is 152 g/mol. The fourth-order valence-electron chi connectivity index (χ4n) is 1.60. The molecule has 0 fully saturated rings. The van der Waals surface area contributed by atoms with Crippen LogP contribution in [0.1, 0.15) is 26.7 Å². The monoisotopic (exact) mass is 152 g/mol.